The number of aromatic hydroxyl groups is 2. The maximum atomic E-state index is 11.6. The number of benzene rings is 1. The molecule has 116 valence electrons. The molecule has 0 heterocycles. The molecular weight excluding hydrogens is 268 g/mol. The minimum Gasteiger partial charge on any atom is -0.507 e. The number of phenols is 2. The standard InChI is InChI=1S/C17H24O4/c1-9-10(2)16(19)14(11(3)15(9)18)12-5-7-13(8-6-12)17(20)21-4/h12-13,18-19H,5-8H2,1-4H3. The van der Waals surface area contributed by atoms with Gasteiger partial charge < -0.3 is 14.9 Å². The van der Waals surface area contributed by atoms with Crippen LogP contribution in [-0.4, -0.2) is 23.3 Å². The van der Waals surface area contributed by atoms with E-state index >= 15 is 0 Å². The van der Waals surface area contributed by atoms with E-state index in [2.05, 4.69) is 0 Å². The molecule has 21 heavy (non-hydrogen) atoms. The van der Waals surface area contributed by atoms with Crippen LogP contribution in [0.3, 0.4) is 0 Å². The van der Waals surface area contributed by atoms with Crippen molar-refractivity contribution in [1.29, 1.82) is 0 Å². The second-order valence-electron chi connectivity index (χ2n) is 6.06. The average molecular weight is 292 g/mol. The number of ether oxygens (including phenoxy) is 1. The van der Waals surface area contributed by atoms with Gasteiger partial charge in [0.15, 0.2) is 0 Å². The fourth-order valence-electron chi connectivity index (χ4n) is 3.43. The van der Waals surface area contributed by atoms with Crippen molar-refractivity contribution in [2.45, 2.75) is 52.4 Å². The van der Waals surface area contributed by atoms with Crippen molar-refractivity contribution < 1.29 is 19.7 Å². The molecule has 0 radical (unpaired) electrons. The molecule has 0 bridgehead atoms. The van der Waals surface area contributed by atoms with Gasteiger partial charge in [-0.1, -0.05) is 0 Å². The van der Waals surface area contributed by atoms with E-state index in [1.807, 2.05) is 20.8 Å². The zero-order chi connectivity index (χ0) is 15.7. The predicted octanol–water partition coefficient (Wildman–Crippen LogP) is 3.47. The van der Waals surface area contributed by atoms with Crippen LogP contribution in [-0.2, 0) is 9.53 Å². The highest BCUT2D eigenvalue weighted by atomic mass is 16.5. The van der Waals surface area contributed by atoms with Crippen molar-refractivity contribution in [3.05, 3.63) is 22.3 Å². The van der Waals surface area contributed by atoms with E-state index < -0.39 is 0 Å². The smallest absolute Gasteiger partial charge is 0.308 e. The molecule has 1 aromatic carbocycles. The molecule has 0 atom stereocenters. The number of hydrogen-bond acceptors (Lipinski definition) is 4. The molecule has 4 heteroatoms. The minimum atomic E-state index is -0.141. The Kier molecular flexibility index (Phi) is 4.45. The number of esters is 1. The summed E-state index contributed by atoms with van der Waals surface area (Å²) in [7, 11) is 1.42. The third-order valence-corrected chi connectivity index (χ3v) is 4.96. The Morgan fingerprint density at radius 3 is 2.00 bits per heavy atom. The monoisotopic (exact) mass is 292 g/mol. The molecule has 2 N–H and O–H groups in total. The molecule has 0 unspecified atom stereocenters. The molecule has 1 aromatic rings. The lowest BCUT2D eigenvalue weighted by Gasteiger charge is -2.29. The van der Waals surface area contributed by atoms with Gasteiger partial charge in [0, 0.05) is 5.56 Å². The number of rotatable bonds is 2. The highest BCUT2D eigenvalue weighted by molar-refractivity contribution is 5.72. The average Bonchev–Trinajstić information content (AvgIpc) is 2.51. The lowest BCUT2D eigenvalue weighted by molar-refractivity contribution is -0.146. The summed E-state index contributed by atoms with van der Waals surface area (Å²) in [6, 6.07) is 0. The summed E-state index contributed by atoms with van der Waals surface area (Å²) in [6.07, 6.45) is 3.19. The fourth-order valence-corrected chi connectivity index (χ4v) is 3.43. The zero-order valence-electron chi connectivity index (χ0n) is 13.2. The SMILES string of the molecule is COC(=O)C1CCC(c2c(C)c(O)c(C)c(C)c2O)CC1. The van der Waals surface area contributed by atoms with Crippen molar-refractivity contribution in [3.63, 3.8) is 0 Å². The number of hydrogen-bond donors (Lipinski definition) is 2. The molecule has 1 aliphatic rings. The van der Waals surface area contributed by atoms with E-state index in [1.165, 1.54) is 7.11 Å². The molecule has 0 aliphatic heterocycles. The van der Waals surface area contributed by atoms with Crippen molar-refractivity contribution >= 4 is 5.97 Å². The third-order valence-electron chi connectivity index (χ3n) is 4.96. The Morgan fingerprint density at radius 1 is 0.952 bits per heavy atom. The van der Waals surface area contributed by atoms with Gasteiger partial charge in [-0.25, -0.2) is 0 Å². The molecule has 1 aliphatic carbocycles. The molecule has 0 saturated heterocycles. The second-order valence-corrected chi connectivity index (χ2v) is 6.06. The quantitative estimate of drug-likeness (QED) is 0.647. The van der Waals surface area contributed by atoms with Gasteiger partial charge in [-0.3, -0.25) is 4.79 Å². The molecule has 4 nitrogen and oxygen atoms in total. The van der Waals surface area contributed by atoms with Crippen molar-refractivity contribution in [2.75, 3.05) is 7.11 Å². The summed E-state index contributed by atoms with van der Waals surface area (Å²) in [4.78, 5) is 11.6. The normalized spacial score (nSPS) is 22.1. The second kappa shape index (κ2) is 5.96. The van der Waals surface area contributed by atoms with E-state index in [4.69, 9.17) is 4.74 Å². The minimum absolute atomic E-state index is 0.0335. The first-order valence-corrected chi connectivity index (χ1v) is 7.47. The molecule has 0 amide bonds. The van der Waals surface area contributed by atoms with Crippen LogP contribution in [0, 0.1) is 26.7 Å². The van der Waals surface area contributed by atoms with E-state index in [1.54, 1.807) is 0 Å². The van der Waals surface area contributed by atoms with E-state index in [0.717, 1.165) is 47.9 Å². The van der Waals surface area contributed by atoms with Crippen LogP contribution >= 0.6 is 0 Å². The van der Waals surface area contributed by atoms with Gasteiger partial charge in [0.05, 0.1) is 13.0 Å². The van der Waals surface area contributed by atoms with Crippen LogP contribution in [0.5, 0.6) is 11.5 Å². The summed E-state index contributed by atoms with van der Waals surface area (Å²) >= 11 is 0. The highest BCUT2D eigenvalue weighted by Gasteiger charge is 2.31. The number of carbonyl (C=O) groups is 1. The van der Waals surface area contributed by atoms with Crippen LogP contribution in [0.15, 0.2) is 0 Å². The van der Waals surface area contributed by atoms with Crippen molar-refractivity contribution in [3.8, 4) is 11.5 Å². The van der Waals surface area contributed by atoms with Gasteiger partial charge in [0.1, 0.15) is 11.5 Å². The maximum absolute atomic E-state index is 11.6. The Balaban J connectivity index is 2.27. The van der Waals surface area contributed by atoms with Crippen LogP contribution < -0.4 is 0 Å². The summed E-state index contributed by atoms with van der Waals surface area (Å²) in [5, 5.41) is 20.7. The van der Waals surface area contributed by atoms with Gasteiger partial charge in [-0.15, -0.1) is 0 Å². The van der Waals surface area contributed by atoms with Crippen LogP contribution in [0.1, 0.15) is 53.9 Å². The van der Waals surface area contributed by atoms with Gasteiger partial charge in [0.2, 0.25) is 0 Å². The highest BCUT2D eigenvalue weighted by Crippen LogP contribution is 2.45. The summed E-state index contributed by atoms with van der Waals surface area (Å²) in [5.41, 5.74) is 3.08. The van der Waals surface area contributed by atoms with Gasteiger partial charge in [-0.2, -0.15) is 0 Å². The van der Waals surface area contributed by atoms with Gasteiger partial charge in [0.25, 0.3) is 0 Å². The fraction of sp³-hybridized carbons (Fsp3) is 0.588. The number of phenolic OH excluding ortho intramolecular Hbond substituents is 2. The zero-order valence-corrected chi connectivity index (χ0v) is 13.2. The van der Waals surface area contributed by atoms with Gasteiger partial charge >= 0.3 is 5.97 Å². The first kappa shape index (κ1) is 15.7. The topological polar surface area (TPSA) is 66.8 Å². The third kappa shape index (κ3) is 2.71. The predicted molar refractivity (Wildman–Crippen MR) is 80.7 cm³/mol. The number of carbonyl (C=O) groups excluding carboxylic acids is 1. The molecule has 2 rings (SSSR count). The summed E-state index contributed by atoms with van der Waals surface area (Å²) < 4.78 is 4.80. The Hall–Kier alpha value is -1.71. The molecule has 1 fully saturated rings. The van der Waals surface area contributed by atoms with E-state index in [9.17, 15) is 15.0 Å². The van der Waals surface area contributed by atoms with Crippen LogP contribution in [0.4, 0.5) is 0 Å². The van der Waals surface area contributed by atoms with Gasteiger partial charge in [-0.05, 0) is 69.1 Å². The Morgan fingerprint density at radius 2 is 1.48 bits per heavy atom. The molecule has 0 spiro atoms. The Labute approximate surface area is 125 Å². The number of methoxy groups -OCH3 is 1. The summed E-state index contributed by atoms with van der Waals surface area (Å²) in [6.45, 7) is 5.49. The molecule has 0 aromatic heterocycles. The maximum Gasteiger partial charge on any atom is 0.308 e. The molecule has 1 saturated carbocycles. The van der Waals surface area contributed by atoms with E-state index in [-0.39, 0.29) is 23.6 Å². The van der Waals surface area contributed by atoms with Crippen molar-refractivity contribution in [1.82, 2.24) is 0 Å². The Bertz CT molecular complexity index is 525. The first-order chi connectivity index (χ1) is 9.88. The molecular formula is C17H24O4. The van der Waals surface area contributed by atoms with Crippen molar-refractivity contribution in [2.24, 2.45) is 5.92 Å². The summed E-state index contributed by atoms with van der Waals surface area (Å²) in [5.74, 6) is 0.585. The first-order valence-electron chi connectivity index (χ1n) is 7.47. The lowest BCUT2D eigenvalue weighted by atomic mass is 9.76. The largest absolute Gasteiger partial charge is 0.507 e. The van der Waals surface area contributed by atoms with Crippen LogP contribution in [0.2, 0.25) is 0 Å². The van der Waals surface area contributed by atoms with E-state index in [0.29, 0.717) is 5.75 Å². The lowest BCUT2D eigenvalue weighted by Crippen LogP contribution is -2.22. The van der Waals surface area contributed by atoms with Crippen LogP contribution in [0.25, 0.3) is 0 Å².